The topological polar surface area (TPSA) is 87.0 Å². The van der Waals surface area contributed by atoms with E-state index in [1.807, 2.05) is 0 Å². The Hall–Kier alpha value is -1.75. The zero-order chi connectivity index (χ0) is 12.3. The molecule has 0 bridgehead atoms. The third-order valence-electron chi connectivity index (χ3n) is 2.35. The van der Waals surface area contributed by atoms with Gasteiger partial charge in [-0.05, 0) is 18.6 Å². The van der Waals surface area contributed by atoms with Crippen LogP contribution < -0.4 is 0 Å². The Morgan fingerprint density at radius 2 is 2.06 bits per heavy atom. The van der Waals surface area contributed by atoms with Gasteiger partial charge in [-0.3, -0.25) is 0 Å². The van der Waals surface area contributed by atoms with Crippen LogP contribution in [0.5, 0.6) is 11.5 Å². The number of carboxylic acids is 1. The molecule has 0 aliphatic heterocycles. The molecular weight excluding hydrogens is 212 g/mol. The zero-order valence-corrected chi connectivity index (χ0v) is 9.15. The van der Waals surface area contributed by atoms with Crippen molar-refractivity contribution >= 4 is 5.97 Å². The predicted octanol–water partition coefficient (Wildman–Crippen LogP) is 1.29. The molecule has 0 fully saturated rings. The van der Waals surface area contributed by atoms with Crippen molar-refractivity contribution in [1.29, 1.82) is 0 Å². The minimum Gasteiger partial charge on any atom is -0.508 e. The highest BCUT2D eigenvalue weighted by Crippen LogP contribution is 2.33. The SMILES string of the molecule is COCCc1c(O)cc(C)c(C(=O)O)c1O. The maximum atomic E-state index is 10.9. The van der Waals surface area contributed by atoms with Gasteiger partial charge >= 0.3 is 5.97 Å². The third kappa shape index (κ3) is 2.25. The fourth-order valence-electron chi connectivity index (χ4n) is 1.54. The van der Waals surface area contributed by atoms with Crippen LogP contribution >= 0.6 is 0 Å². The summed E-state index contributed by atoms with van der Waals surface area (Å²) in [6.45, 7) is 1.81. The fraction of sp³-hybridized carbons (Fsp3) is 0.364. The van der Waals surface area contributed by atoms with E-state index in [0.717, 1.165) is 0 Å². The van der Waals surface area contributed by atoms with Gasteiger partial charge in [0.15, 0.2) is 0 Å². The van der Waals surface area contributed by atoms with E-state index in [1.165, 1.54) is 20.1 Å². The van der Waals surface area contributed by atoms with Crippen LogP contribution in [0.25, 0.3) is 0 Å². The Morgan fingerprint density at radius 3 is 2.56 bits per heavy atom. The molecule has 1 rings (SSSR count). The molecule has 0 heterocycles. The number of ether oxygens (including phenoxy) is 1. The molecule has 3 N–H and O–H groups in total. The van der Waals surface area contributed by atoms with Gasteiger partial charge < -0.3 is 20.1 Å². The first-order valence-corrected chi connectivity index (χ1v) is 4.75. The number of hydrogen-bond donors (Lipinski definition) is 3. The second-order valence-corrected chi connectivity index (χ2v) is 3.46. The summed E-state index contributed by atoms with van der Waals surface area (Å²) in [7, 11) is 1.49. The smallest absolute Gasteiger partial charge is 0.339 e. The van der Waals surface area contributed by atoms with Crippen molar-refractivity contribution in [2.24, 2.45) is 0 Å². The minimum absolute atomic E-state index is 0.114. The molecule has 16 heavy (non-hydrogen) atoms. The second kappa shape index (κ2) is 4.85. The average molecular weight is 226 g/mol. The van der Waals surface area contributed by atoms with E-state index in [1.54, 1.807) is 0 Å². The lowest BCUT2D eigenvalue weighted by Crippen LogP contribution is -2.04. The molecule has 0 amide bonds. The lowest BCUT2D eigenvalue weighted by atomic mass is 10.00. The van der Waals surface area contributed by atoms with Gasteiger partial charge in [-0.2, -0.15) is 0 Å². The van der Waals surface area contributed by atoms with Crippen molar-refractivity contribution in [3.8, 4) is 11.5 Å². The number of hydrogen-bond acceptors (Lipinski definition) is 4. The zero-order valence-electron chi connectivity index (χ0n) is 9.15. The van der Waals surface area contributed by atoms with Gasteiger partial charge in [0.2, 0.25) is 0 Å². The van der Waals surface area contributed by atoms with Crippen LogP contribution in [0.15, 0.2) is 6.07 Å². The summed E-state index contributed by atoms with van der Waals surface area (Å²) in [4.78, 5) is 10.9. The van der Waals surface area contributed by atoms with Crippen LogP contribution in [-0.4, -0.2) is 35.0 Å². The van der Waals surface area contributed by atoms with Crippen molar-refractivity contribution in [1.82, 2.24) is 0 Å². The van der Waals surface area contributed by atoms with Crippen LogP contribution in [0.4, 0.5) is 0 Å². The Bertz CT molecular complexity index is 411. The highest BCUT2D eigenvalue weighted by atomic mass is 16.5. The summed E-state index contributed by atoms with van der Waals surface area (Å²) >= 11 is 0. The van der Waals surface area contributed by atoms with E-state index in [9.17, 15) is 15.0 Å². The lowest BCUT2D eigenvalue weighted by molar-refractivity contribution is 0.0692. The molecule has 0 aliphatic carbocycles. The van der Waals surface area contributed by atoms with E-state index in [2.05, 4.69) is 0 Å². The summed E-state index contributed by atoms with van der Waals surface area (Å²) in [5.41, 5.74) is 0.345. The molecule has 0 atom stereocenters. The van der Waals surface area contributed by atoms with Crippen LogP contribution in [-0.2, 0) is 11.2 Å². The highest BCUT2D eigenvalue weighted by Gasteiger charge is 2.19. The molecule has 0 radical (unpaired) electrons. The maximum Gasteiger partial charge on any atom is 0.339 e. The standard InChI is InChI=1S/C11H14O5/c1-6-5-8(12)7(3-4-16-2)10(13)9(6)11(14)15/h5,12-13H,3-4H2,1-2H3,(H,14,15). The Kier molecular flexibility index (Phi) is 3.73. The first-order valence-electron chi connectivity index (χ1n) is 4.75. The van der Waals surface area contributed by atoms with E-state index in [0.29, 0.717) is 12.2 Å². The molecule has 1 aromatic rings. The van der Waals surface area contributed by atoms with Crippen molar-refractivity contribution in [3.63, 3.8) is 0 Å². The van der Waals surface area contributed by atoms with E-state index in [4.69, 9.17) is 9.84 Å². The summed E-state index contributed by atoms with van der Waals surface area (Å²) in [5.74, 6) is -1.72. The Balaban J connectivity index is 3.27. The average Bonchev–Trinajstić information content (AvgIpc) is 2.16. The van der Waals surface area contributed by atoms with Crippen LogP contribution in [0.2, 0.25) is 0 Å². The highest BCUT2D eigenvalue weighted by molar-refractivity contribution is 5.93. The molecule has 1 aromatic carbocycles. The number of aromatic hydroxyl groups is 2. The molecular formula is C11H14O5. The van der Waals surface area contributed by atoms with Gasteiger partial charge in [0.05, 0.1) is 6.61 Å². The fourth-order valence-corrected chi connectivity index (χ4v) is 1.54. The van der Waals surface area contributed by atoms with Crippen molar-refractivity contribution in [2.45, 2.75) is 13.3 Å². The number of carbonyl (C=O) groups is 1. The van der Waals surface area contributed by atoms with Crippen LogP contribution in [0.3, 0.4) is 0 Å². The number of benzene rings is 1. The monoisotopic (exact) mass is 226 g/mol. The quantitative estimate of drug-likeness (QED) is 0.720. The number of methoxy groups -OCH3 is 1. The lowest BCUT2D eigenvalue weighted by Gasteiger charge is -2.11. The van der Waals surface area contributed by atoms with Crippen molar-refractivity contribution in [3.05, 3.63) is 22.8 Å². The van der Waals surface area contributed by atoms with E-state index >= 15 is 0 Å². The molecule has 0 saturated heterocycles. The molecule has 0 unspecified atom stereocenters. The molecule has 5 heteroatoms. The van der Waals surface area contributed by atoms with Crippen LogP contribution in [0, 0.1) is 6.92 Å². The minimum atomic E-state index is -1.21. The van der Waals surface area contributed by atoms with Crippen LogP contribution in [0.1, 0.15) is 21.5 Å². The summed E-state index contributed by atoms with van der Waals surface area (Å²) < 4.78 is 4.82. The molecule has 0 spiro atoms. The number of phenolic OH excluding ortho intramolecular Hbond substituents is 1. The molecule has 0 saturated carbocycles. The molecule has 0 aromatic heterocycles. The van der Waals surface area contributed by atoms with E-state index in [-0.39, 0.29) is 29.0 Å². The number of carboxylic acid groups (broad SMARTS) is 1. The van der Waals surface area contributed by atoms with Gasteiger partial charge in [-0.1, -0.05) is 0 Å². The van der Waals surface area contributed by atoms with Gasteiger partial charge in [0, 0.05) is 19.1 Å². The summed E-state index contributed by atoms with van der Waals surface area (Å²) in [6.07, 6.45) is 0.259. The first kappa shape index (κ1) is 12.3. The maximum absolute atomic E-state index is 10.9. The number of aryl methyl sites for hydroxylation is 1. The number of rotatable bonds is 4. The number of phenols is 2. The summed E-state index contributed by atoms with van der Waals surface area (Å²) in [5, 5.41) is 28.3. The van der Waals surface area contributed by atoms with E-state index < -0.39 is 5.97 Å². The van der Waals surface area contributed by atoms with Gasteiger partial charge in [0.1, 0.15) is 17.1 Å². The summed E-state index contributed by atoms with van der Waals surface area (Å²) in [6, 6.07) is 1.33. The van der Waals surface area contributed by atoms with Crippen molar-refractivity contribution < 1.29 is 24.9 Å². The Labute approximate surface area is 92.9 Å². The Morgan fingerprint density at radius 1 is 1.44 bits per heavy atom. The second-order valence-electron chi connectivity index (χ2n) is 3.46. The largest absolute Gasteiger partial charge is 0.508 e. The molecule has 88 valence electrons. The normalized spacial score (nSPS) is 10.4. The predicted molar refractivity (Wildman–Crippen MR) is 57.0 cm³/mol. The van der Waals surface area contributed by atoms with Gasteiger partial charge in [-0.15, -0.1) is 0 Å². The first-order chi connectivity index (χ1) is 7.49. The van der Waals surface area contributed by atoms with Crippen molar-refractivity contribution in [2.75, 3.05) is 13.7 Å². The number of aromatic carboxylic acids is 1. The molecule has 5 nitrogen and oxygen atoms in total. The third-order valence-corrected chi connectivity index (χ3v) is 2.35. The van der Waals surface area contributed by atoms with Gasteiger partial charge in [-0.25, -0.2) is 4.79 Å². The molecule has 0 aliphatic rings. The van der Waals surface area contributed by atoms with Gasteiger partial charge in [0.25, 0.3) is 0 Å².